The van der Waals surface area contributed by atoms with Crippen LogP contribution in [0.1, 0.15) is 63.1 Å². The van der Waals surface area contributed by atoms with Crippen LogP contribution in [0.4, 0.5) is 13.2 Å². The molecule has 6 rings (SSSR count). The van der Waals surface area contributed by atoms with Crippen molar-refractivity contribution in [1.82, 2.24) is 14.9 Å². The molecule has 1 atom stereocenters. The van der Waals surface area contributed by atoms with Crippen LogP contribution < -0.4 is 16.8 Å². The molecule has 1 unspecified atom stereocenters. The van der Waals surface area contributed by atoms with Gasteiger partial charge in [-0.25, -0.2) is 18.0 Å². The molecule has 11 heteroatoms. The summed E-state index contributed by atoms with van der Waals surface area (Å²) in [5.41, 5.74) is 9.39. The first-order valence-electron chi connectivity index (χ1n) is 14.0. The fourth-order valence-electron chi connectivity index (χ4n) is 5.72. The van der Waals surface area contributed by atoms with Crippen LogP contribution in [0.25, 0.3) is 22.2 Å². The first-order chi connectivity index (χ1) is 21.0. The third-order valence-electron chi connectivity index (χ3n) is 7.65. The highest BCUT2D eigenvalue weighted by molar-refractivity contribution is 6.12. The van der Waals surface area contributed by atoms with Crippen LogP contribution >= 0.6 is 0 Å². The monoisotopic (exact) mass is 600 g/mol. The quantitative estimate of drug-likeness (QED) is 0.246. The minimum Gasteiger partial charge on any atom is -0.408 e. The van der Waals surface area contributed by atoms with Gasteiger partial charge >= 0.3 is 5.76 Å². The van der Waals surface area contributed by atoms with Gasteiger partial charge in [-0.3, -0.25) is 19.1 Å². The van der Waals surface area contributed by atoms with Gasteiger partial charge in [0, 0.05) is 5.56 Å². The lowest BCUT2D eigenvalue weighted by molar-refractivity contribution is 0.0956. The van der Waals surface area contributed by atoms with Crippen LogP contribution in [0.3, 0.4) is 0 Å². The molecule has 0 spiro atoms. The summed E-state index contributed by atoms with van der Waals surface area (Å²) >= 11 is 0. The number of carbonyl (C=O) groups excluding carboxylic acids is 2. The van der Waals surface area contributed by atoms with E-state index in [1.807, 2.05) is 13.8 Å². The van der Waals surface area contributed by atoms with Gasteiger partial charge in [0.1, 0.15) is 5.82 Å². The summed E-state index contributed by atoms with van der Waals surface area (Å²) in [6.07, 6.45) is 0.737. The molecule has 3 aromatic carbocycles. The summed E-state index contributed by atoms with van der Waals surface area (Å²) in [6, 6.07) is 13.5. The van der Waals surface area contributed by atoms with Crippen LogP contribution in [-0.2, 0) is 19.4 Å². The number of hydrogen-bond acceptors (Lipinski definition) is 5. The van der Waals surface area contributed by atoms with Crippen molar-refractivity contribution in [2.24, 2.45) is 11.7 Å². The second-order valence-electron chi connectivity index (χ2n) is 11.3. The van der Waals surface area contributed by atoms with E-state index in [1.165, 1.54) is 22.8 Å². The molecule has 5 aromatic rings. The van der Waals surface area contributed by atoms with Crippen LogP contribution in [0.15, 0.2) is 69.9 Å². The van der Waals surface area contributed by atoms with Gasteiger partial charge in [-0.1, -0.05) is 38.1 Å². The van der Waals surface area contributed by atoms with E-state index in [0.717, 1.165) is 17.7 Å². The normalized spacial score (nSPS) is 14.3. The number of benzene rings is 3. The molecular formula is C33H27F3N4O4. The number of oxazole rings is 1. The van der Waals surface area contributed by atoms with E-state index in [1.54, 1.807) is 30.3 Å². The molecule has 3 heterocycles. The summed E-state index contributed by atoms with van der Waals surface area (Å²) in [7, 11) is 0. The minimum atomic E-state index is -1.04. The maximum absolute atomic E-state index is 13.8. The van der Waals surface area contributed by atoms with Crippen LogP contribution in [0.5, 0.6) is 0 Å². The summed E-state index contributed by atoms with van der Waals surface area (Å²) < 4.78 is 47.6. The Bertz CT molecular complexity index is 2010. The molecular weight excluding hydrogens is 573 g/mol. The zero-order valence-corrected chi connectivity index (χ0v) is 23.8. The summed E-state index contributed by atoms with van der Waals surface area (Å²) in [4.78, 5) is 44.1. The predicted molar refractivity (Wildman–Crippen MR) is 157 cm³/mol. The van der Waals surface area contributed by atoms with Crippen molar-refractivity contribution in [2.75, 3.05) is 0 Å². The number of primary amides is 1. The average Bonchev–Trinajstić information content (AvgIpc) is 3.44. The maximum Gasteiger partial charge on any atom is 0.420 e. The largest absolute Gasteiger partial charge is 0.420 e. The Balaban J connectivity index is 1.50. The Kier molecular flexibility index (Phi) is 7.32. The number of nitrogens with one attached hydrogen (secondary N) is 1. The lowest BCUT2D eigenvalue weighted by atomic mass is 9.88. The maximum atomic E-state index is 13.8. The summed E-state index contributed by atoms with van der Waals surface area (Å²) in [6.45, 7) is 3.86. The van der Waals surface area contributed by atoms with Crippen LogP contribution in [-0.4, -0.2) is 21.4 Å². The van der Waals surface area contributed by atoms with E-state index in [4.69, 9.17) is 15.1 Å². The summed E-state index contributed by atoms with van der Waals surface area (Å²) in [5.74, 6) is -4.27. The van der Waals surface area contributed by atoms with Crippen molar-refractivity contribution >= 4 is 22.9 Å². The molecule has 1 aliphatic heterocycles. The number of fused-ring (bicyclic) bond motifs is 2. The molecule has 3 N–H and O–H groups in total. The van der Waals surface area contributed by atoms with Crippen molar-refractivity contribution < 1.29 is 27.2 Å². The number of halogens is 3. The number of nitrogens with two attached hydrogens (primary N) is 1. The lowest BCUT2D eigenvalue weighted by Crippen LogP contribution is -2.21. The third-order valence-corrected chi connectivity index (χ3v) is 7.65. The smallest absolute Gasteiger partial charge is 0.408 e. The van der Waals surface area contributed by atoms with E-state index in [2.05, 4.69) is 5.32 Å². The first kappa shape index (κ1) is 28.9. The molecule has 2 amide bonds. The highest BCUT2D eigenvalue weighted by atomic mass is 19.2. The molecule has 0 saturated heterocycles. The molecule has 2 aromatic heterocycles. The number of carbonyl (C=O) groups is 2. The first-order valence-corrected chi connectivity index (χ1v) is 14.0. The Morgan fingerprint density at radius 3 is 2.39 bits per heavy atom. The number of hydrogen-bond donors (Lipinski definition) is 2. The second-order valence-corrected chi connectivity index (χ2v) is 11.3. The number of rotatable bonds is 8. The molecule has 0 aliphatic carbocycles. The van der Waals surface area contributed by atoms with Crippen molar-refractivity contribution in [3.05, 3.63) is 122 Å². The Labute approximate surface area is 249 Å². The average molecular weight is 601 g/mol. The van der Waals surface area contributed by atoms with Gasteiger partial charge in [0.2, 0.25) is 0 Å². The standard InChI is InChI=1S/C33H27F3N4O4/c1-16(2)11-23-28(31(37)41)27(29-30(38-23)24(39-32(29)42)13-17-3-7-20(34)8-4-17)19-6-10-25-26(14-19)44-33(43)40(25)15-18-5-9-21(35)22(36)12-18/h3-10,12,14,16,24H,11,13,15H2,1-2H3,(H2,37,41)(H,39,42). The fourth-order valence-corrected chi connectivity index (χ4v) is 5.72. The highest BCUT2D eigenvalue weighted by Gasteiger charge is 2.37. The van der Waals surface area contributed by atoms with E-state index in [0.29, 0.717) is 40.9 Å². The van der Waals surface area contributed by atoms with Gasteiger partial charge in [-0.15, -0.1) is 0 Å². The van der Waals surface area contributed by atoms with Crippen molar-refractivity contribution in [2.45, 2.75) is 39.3 Å². The van der Waals surface area contributed by atoms with Crippen molar-refractivity contribution in [3.63, 3.8) is 0 Å². The van der Waals surface area contributed by atoms with Gasteiger partial charge in [-0.2, -0.15) is 0 Å². The molecule has 0 saturated carbocycles. The molecule has 0 fully saturated rings. The highest BCUT2D eigenvalue weighted by Crippen LogP contribution is 2.39. The number of pyridine rings is 1. The van der Waals surface area contributed by atoms with E-state index >= 15 is 0 Å². The molecule has 44 heavy (non-hydrogen) atoms. The van der Waals surface area contributed by atoms with E-state index in [-0.39, 0.29) is 40.6 Å². The topological polar surface area (TPSA) is 120 Å². The van der Waals surface area contributed by atoms with Gasteiger partial charge in [0.25, 0.3) is 11.8 Å². The van der Waals surface area contributed by atoms with Crippen molar-refractivity contribution in [1.29, 1.82) is 0 Å². The SMILES string of the molecule is CC(C)Cc1nc2c(c(-c3ccc4c(c3)oc(=O)n4Cc3ccc(F)c(F)c3)c1C(N)=O)C(=O)NC2Cc1ccc(F)cc1. The van der Waals surface area contributed by atoms with E-state index < -0.39 is 35.2 Å². The zero-order chi connectivity index (χ0) is 31.3. The van der Waals surface area contributed by atoms with Gasteiger partial charge in [0.15, 0.2) is 17.2 Å². The second kappa shape index (κ2) is 11.1. The molecule has 8 nitrogen and oxygen atoms in total. The molecule has 0 bridgehead atoms. The Morgan fingerprint density at radius 2 is 1.70 bits per heavy atom. The number of amides is 2. The molecule has 224 valence electrons. The third kappa shape index (κ3) is 5.25. The fraction of sp³-hybridized carbons (Fsp3) is 0.212. The number of aromatic nitrogens is 2. The zero-order valence-electron chi connectivity index (χ0n) is 23.8. The van der Waals surface area contributed by atoms with Crippen LogP contribution in [0, 0.1) is 23.4 Å². The van der Waals surface area contributed by atoms with Crippen molar-refractivity contribution in [3.8, 4) is 11.1 Å². The van der Waals surface area contributed by atoms with Crippen LogP contribution in [0.2, 0.25) is 0 Å². The van der Waals surface area contributed by atoms with Gasteiger partial charge in [0.05, 0.1) is 40.6 Å². The Morgan fingerprint density at radius 1 is 0.977 bits per heavy atom. The molecule has 0 radical (unpaired) electrons. The van der Waals surface area contributed by atoms with Gasteiger partial charge < -0.3 is 15.5 Å². The summed E-state index contributed by atoms with van der Waals surface area (Å²) in [5, 5.41) is 2.94. The van der Waals surface area contributed by atoms with Gasteiger partial charge in [-0.05, 0) is 71.8 Å². The lowest BCUT2D eigenvalue weighted by Gasteiger charge is -2.18. The van der Waals surface area contributed by atoms with E-state index in [9.17, 15) is 27.6 Å². The minimum absolute atomic E-state index is 0.0778. The molecule has 1 aliphatic rings. The Hall–Kier alpha value is -5.19. The number of nitrogens with zero attached hydrogens (tertiary/aromatic N) is 2. The predicted octanol–water partition coefficient (Wildman–Crippen LogP) is 5.45.